The van der Waals surface area contributed by atoms with Crippen molar-refractivity contribution in [1.29, 1.82) is 0 Å². The number of carbonyl (C=O) groups is 2. The molecule has 2 rings (SSSR count). The fraction of sp³-hybridized carbons (Fsp3) is 0.267. The Balaban J connectivity index is 0.000000250. The van der Waals surface area contributed by atoms with Crippen molar-refractivity contribution in [3.63, 3.8) is 0 Å². The molecule has 0 radical (unpaired) electrons. The van der Waals surface area contributed by atoms with E-state index in [-0.39, 0.29) is 12.0 Å². The van der Waals surface area contributed by atoms with Crippen molar-refractivity contribution >= 4 is 23.2 Å². The summed E-state index contributed by atoms with van der Waals surface area (Å²) in [5, 5.41) is 53.1. The van der Waals surface area contributed by atoms with Gasteiger partial charge in [0.15, 0.2) is 12.4 Å². The number of benzene rings is 1. The maximum Gasteiger partial charge on any atom is 0.336 e. The normalized spacial score (nSPS) is 15.4. The summed E-state index contributed by atoms with van der Waals surface area (Å²) in [7, 11) is 0. The van der Waals surface area contributed by atoms with Gasteiger partial charge >= 0.3 is 11.6 Å². The zero-order valence-corrected chi connectivity index (χ0v) is 12.6. The van der Waals surface area contributed by atoms with Gasteiger partial charge in [0.1, 0.15) is 29.6 Å². The summed E-state index contributed by atoms with van der Waals surface area (Å²) in [5.41, 5.74) is -0.00407. The number of hydrogen-bond donors (Lipinski definition) is 6. The lowest BCUT2D eigenvalue weighted by Gasteiger charge is -2.21. The largest absolute Gasteiger partial charge is 0.508 e. The molecule has 2 aromatic rings. The van der Waals surface area contributed by atoms with Crippen LogP contribution in [0.25, 0.3) is 11.0 Å². The van der Waals surface area contributed by atoms with Crippen molar-refractivity contribution < 1.29 is 44.6 Å². The van der Waals surface area contributed by atoms with E-state index >= 15 is 0 Å². The van der Waals surface area contributed by atoms with E-state index in [9.17, 15) is 14.4 Å². The van der Waals surface area contributed by atoms with Crippen LogP contribution in [0.15, 0.2) is 39.5 Å². The van der Waals surface area contributed by atoms with E-state index in [0.29, 0.717) is 5.58 Å². The second-order valence-corrected chi connectivity index (χ2v) is 4.87. The zero-order valence-electron chi connectivity index (χ0n) is 12.6. The summed E-state index contributed by atoms with van der Waals surface area (Å²) in [5.74, 6) is -1.67. The molecule has 0 fully saturated rings. The van der Waals surface area contributed by atoms with Crippen molar-refractivity contribution in [2.24, 2.45) is 0 Å². The van der Waals surface area contributed by atoms with Crippen LogP contribution in [0.2, 0.25) is 0 Å². The third-order valence-corrected chi connectivity index (χ3v) is 3.02. The molecule has 1 heterocycles. The third kappa shape index (κ3) is 5.65. The second-order valence-electron chi connectivity index (χ2n) is 4.87. The SMILES string of the molecule is O=CC(O)C(O)C(O)C(O)C(=O)O.O=c1ccc2ccc(O)cc2o1. The van der Waals surface area contributed by atoms with Crippen LogP contribution >= 0.6 is 0 Å². The van der Waals surface area contributed by atoms with Gasteiger partial charge in [0, 0.05) is 17.5 Å². The van der Waals surface area contributed by atoms with Gasteiger partial charge in [0.05, 0.1) is 0 Å². The van der Waals surface area contributed by atoms with Crippen LogP contribution in [0.3, 0.4) is 0 Å². The number of carboxylic acid groups (broad SMARTS) is 1. The Kier molecular flexibility index (Phi) is 7.21. The van der Waals surface area contributed by atoms with Crippen LogP contribution < -0.4 is 5.63 Å². The van der Waals surface area contributed by atoms with Crippen molar-refractivity contribution in [2.75, 3.05) is 0 Å². The van der Waals surface area contributed by atoms with Gasteiger partial charge in [-0.3, -0.25) is 0 Å². The standard InChI is InChI=1S/C9H6O3.C6H10O7/c10-7-3-1-6-2-4-9(11)12-8(6)5-7;7-1-2(8)3(9)4(10)5(11)6(12)13/h1-5,10H;1-5,8-11H,(H,12,13). The van der Waals surface area contributed by atoms with Crippen LogP contribution in [0.5, 0.6) is 5.75 Å². The smallest absolute Gasteiger partial charge is 0.336 e. The van der Waals surface area contributed by atoms with E-state index in [1.165, 1.54) is 12.1 Å². The van der Waals surface area contributed by atoms with Gasteiger partial charge in [0.2, 0.25) is 0 Å². The lowest BCUT2D eigenvalue weighted by Crippen LogP contribution is -2.48. The molecule has 25 heavy (non-hydrogen) atoms. The molecule has 4 unspecified atom stereocenters. The second kappa shape index (κ2) is 8.89. The van der Waals surface area contributed by atoms with Crippen molar-refractivity contribution in [2.45, 2.75) is 24.4 Å². The minimum atomic E-state index is -2.25. The average molecular weight is 356 g/mol. The first-order chi connectivity index (χ1) is 11.7. The first-order valence-electron chi connectivity index (χ1n) is 6.80. The summed E-state index contributed by atoms with van der Waals surface area (Å²) in [6.07, 6.45) is -8.39. The Morgan fingerprint density at radius 2 is 1.64 bits per heavy atom. The minimum Gasteiger partial charge on any atom is -0.508 e. The number of aliphatic carboxylic acids is 1. The van der Waals surface area contributed by atoms with E-state index in [4.69, 9.17) is 35.1 Å². The lowest BCUT2D eigenvalue weighted by molar-refractivity contribution is -0.163. The first-order valence-corrected chi connectivity index (χ1v) is 6.80. The quantitative estimate of drug-likeness (QED) is 0.264. The predicted octanol–water partition coefficient (Wildman–Crippen LogP) is -1.79. The van der Waals surface area contributed by atoms with Crippen LogP contribution in [0.4, 0.5) is 0 Å². The molecule has 0 amide bonds. The highest BCUT2D eigenvalue weighted by atomic mass is 16.4. The van der Waals surface area contributed by atoms with E-state index in [1.807, 2.05) is 0 Å². The Morgan fingerprint density at radius 1 is 1.04 bits per heavy atom. The molecular weight excluding hydrogens is 340 g/mol. The van der Waals surface area contributed by atoms with Crippen molar-refractivity contribution in [1.82, 2.24) is 0 Å². The summed E-state index contributed by atoms with van der Waals surface area (Å²) in [6, 6.07) is 7.65. The fourth-order valence-corrected chi connectivity index (χ4v) is 1.66. The van der Waals surface area contributed by atoms with Crippen LogP contribution in [0.1, 0.15) is 0 Å². The van der Waals surface area contributed by atoms with Gasteiger partial charge in [-0.1, -0.05) is 0 Å². The predicted molar refractivity (Wildman–Crippen MR) is 81.9 cm³/mol. The number of fused-ring (bicyclic) bond motifs is 1. The number of rotatable bonds is 5. The highest BCUT2D eigenvalue weighted by Crippen LogP contribution is 2.17. The maximum atomic E-state index is 10.7. The molecule has 1 aromatic heterocycles. The fourth-order valence-electron chi connectivity index (χ4n) is 1.66. The van der Waals surface area contributed by atoms with Crippen LogP contribution in [0, 0.1) is 0 Å². The Hall–Kier alpha value is -2.79. The number of aliphatic hydroxyl groups is 4. The van der Waals surface area contributed by atoms with Gasteiger partial charge in [0.25, 0.3) is 0 Å². The van der Waals surface area contributed by atoms with Crippen LogP contribution in [-0.2, 0) is 9.59 Å². The van der Waals surface area contributed by atoms with Gasteiger partial charge in [-0.15, -0.1) is 0 Å². The van der Waals surface area contributed by atoms with Gasteiger partial charge < -0.3 is 39.9 Å². The minimum absolute atomic E-state index is 0.0809. The van der Waals surface area contributed by atoms with E-state index in [1.54, 1.807) is 18.2 Å². The topological polar surface area (TPSA) is 186 Å². The number of phenols is 1. The Bertz CT molecular complexity index is 783. The van der Waals surface area contributed by atoms with Gasteiger partial charge in [-0.05, 0) is 18.2 Å². The highest BCUT2D eigenvalue weighted by Gasteiger charge is 2.33. The summed E-state index contributed by atoms with van der Waals surface area (Å²) < 4.78 is 4.83. The lowest BCUT2D eigenvalue weighted by atomic mass is 10.0. The molecule has 0 aliphatic heterocycles. The molecule has 10 nitrogen and oxygen atoms in total. The molecule has 1 aromatic carbocycles. The Labute approximate surface area is 139 Å². The number of carboxylic acids is 1. The molecule has 0 aliphatic carbocycles. The molecule has 136 valence electrons. The molecular formula is C15H16O10. The van der Waals surface area contributed by atoms with E-state index < -0.39 is 36.0 Å². The number of aldehydes is 1. The maximum absolute atomic E-state index is 10.7. The first kappa shape index (κ1) is 20.3. The number of phenolic OH excluding ortho intramolecular Hbond substituents is 1. The number of hydrogen-bond acceptors (Lipinski definition) is 9. The molecule has 6 N–H and O–H groups in total. The molecule has 0 aliphatic rings. The van der Waals surface area contributed by atoms with Crippen LogP contribution in [-0.4, -0.2) is 67.3 Å². The van der Waals surface area contributed by atoms with E-state index in [2.05, 4.69) is 0 Å². The number of aromatic hydroxyl groups is 1. The average Bonchev–Trinajstić information content (AvgIpc) is 2.59. The monoisotopic (exact) mass is 356 g/mol. The molecule has 0 saturated carbocycles. The van der Waals surface area contributed by atoms with Crippen molar-refractivity contribution in [3.05, 3.63) is 40.8 Å². The highest BCUT2D eigenvalue weighted by molar-refractivity contribution is 5.77. The van der Waals surface area contributed by atoms with Gasteiger partial charge in [-0.2, -0.15) is 0 Å². The molecule has 0 saturated heterocycles. The summed E-state index contributed by atoms with van der Waals surface area (Å²) >= 11 is 0. The molecule has 0 bridgehead atoms. The van der Waals surface area contributed by atoms with Crippen molar-refractivity contribution in [3.8, 4) is 5.75 Å². The third-order valence-electron chi connectivity index (χ3n) is 3.02. The molecule has 10 heteroatoms. The summed E-state index contributed by atoms with van der Waals surface area (Å²) in [6.45, 7) is 0. The number of aliphatic hydroxyl groups excluding tert-OH is 4. The molecule has 4 atom stereocenters. The molecule has 0 spiro atoms. The van der Waals surface area contributed by atoms with E-state index in [0.717, 1.165) is 5.39 Å². The summed E-state index contributed by atoms with van der Waals surface area (Å²) in [4.78, 5) is 30.7. The number of carbonyl (C=O) groups excluding carboxylic acids is 1. The van der Waals surface area contributed by atoms with Gasteiger partial charge in [-0.25, -0.2) is 9.59 Å². The zero-order chi connectivity index (χ0) is 19.1. The Morgan fingerprint density at radius 3 is 2.20 bits per heavy atom.